The van der Waals surface area contributed by atoms with E-state index in [4.69, 9.17) is 17.3 Å². The zero-order valence-corrected chi connectivity index (χ0v) is 13.1. The van der Waals surface area contributed by atoms with E-state index in [-0.39, 0.29) is 0 Å². The predicted octanol–water partition coefficient (Wildman–Crippen LogP) is 4.32. The molecule has 0 aromatic heterocycles. The quantitative estimate of drug-likeness (QED) is 0.841. The Hall–Kier alpha value is -1.03. The minimum absolute atomic E-state index is 0.723. The van der Waals surface area contributed by atoms with Crippen LogP contribution in [0.15, 0.2) is 46.9 Å². The van der Waals surface area contributed by atoms with E-state index in [0.717, 1.165) is 33.8 Å². The first kappa shape index (κ1) is 14.4. The molecule has 0 aliphatic rings. The molecule has 100 valence electrons. The highest BCUT2D eigenvalue weighted by Crippen LogP contribution is 2.20. The SMILES string of the molecule is CN(Cc1ccc(Br)cc1)Cc1cc(Cl)ccc1N. The van der Waals surface area contributed by atoms with E-state index in [1.165, 1.54) is 5.56 Å². The van der Waals surface area contributed by atoms with Crippen LogP contribution < -0.4 is 5.73 Å². The number of nitrogen functional groups attached to an aromatic ring is 1. The molecule has 0 spiro atoms. The summed E-state index contributed by atoms with van der Waals surface area (Å²) in [4.78, 5) is 2.21. The zero-order valence-electron chi connectivity index (χ0n) is 10.7. The summed E-state index contributed by atoms with van der Waals surface area (Å²) in [7, 11) is 2.07. The van der Waals surface area contributed by atoms with Crippen molar-refractivity contribution >= 4 is 33.2 Å². The predicted molar refractivity (Wildman–Crippen MR) is 85.2 cm³/mol. The van der Waals surface area contributed by atoms with Gasteiger partial charge in [-0.05, 0) is 48.5 Å². The molecule has 2 aromatic rings. The maximum Gasteiger partial charge on any atom is 0.0410 e. The molecule has 0 aliphatic carbocycles. The smallest absolute Gasteiger partial charge is 0.0410 e. The molecule has 0 bridgehead atoms. The first-order valence-corrected chi connectivity index (χ1v) is 7.18. The first-order valence-electron chi connectivity index (χ1n) is 6.01. The highest BCUT2D eigenvalue weighted by molar-refractivity contribution is 9.10. The number of nitrogens with zero attached hydrogens (tertiary/aromatic N) is 1. The molecule has 0 atom stereocenters. The van der Waals surface area contributed by atoms with Gasteiger partial charge in [-0.25, -0.2) is 0 Å². The van der Waals surface area contributed by atoms with Crippen molar-refractivity contribution in [2.75, 3.05) is 12.8 Å². The van der Waals surface area contributed by atoms with E-state index in [9.17, 15) is 0 Å². The molecule has 4 heteroatoms. The number of halogens is 2. The summed E-state index contributed by atoms with van der Waals surface area (Å²) in [5, 5.41) is 0.723. The van der Waals surface area contributed by atoms with Gasteiger partial charge in [-0.2, -0.15) is 0 Å². The van der Waals surface area contributed by atoms with Gasteiger partial charge >= 0.3 is 0 Å². The van der Waals surface area contributed by atoms with Gasteiger partial charge in [-0.15, -0.1) is 0 Å². The van der Waals surface area contributed by atoms with Crippen LogP contribution in [0.3, 0.4) is 0 Å². The van der Waals surface area contributed by atoms with Gasteiger partial charge in [0.1, 0.15) is 0 Å². The third-order valence-electron chi connectivity index (χ3n) is 2.91. The van der Waals surface area contributed by atoms with Crippen molar-refractivity contribution in [2.24, 2.45) is 0 Å². The lowest BCUT2D eigenvalue weighted by atomic mass is 10.1. The number of hydrogen-bond acceptors (Lipinski definition) is 2. The first-order chi connectivity index (χ1) is 9.04. The van der Waals surface area contributed by atoms with Crippen molar-refractivity contribution in [1.82, 2.24) is 4.90 Å². The minimum Gasteiger partial charge on any atom is -0.398 e. The molecule has 19 heavy (non-hydrogen) atoms. The lowest BCUT2D eigenvalue weighted by molar-refractivity contribution is 0.319. The second-order valence-electron chi connectivity index (χ2n) is 4.64. The van der Waals surface area contributed by atoms with E-state index in [0.29, 0.717) is 0 Å². The highest BCUT2D eigenvalue weighted by atomic mass is 79.9. The Bertz CT molecular complexity index is 555. The molecule has 0 amide bonds. The molecule has 0 fully saturated rings. The maximum absolute atomic E-state index is 6.00. The van der Waals surface area contributed by atoms with E-state index in [2.05, 4.69) is 52.1 Å². The van der Waals surface area contributed by atoms with Crippen LogP contribution in [0.25, 0.3) is 0 Å². The van der Waals surface area contributed by atoms with Crippen molar-refractivity contribution in [1.29, 1.82) is 0 Å². The number of benzene rings is 2. The molecule has 2 aromatic carbocycles. The Morgan fingerprint density at radius 2 is 1.79 bits per heavy atom. The molecular weight excluding hydrogens is 324 g/mol. The Balaban J connectivity index is 2.02. The number of hydrogen-bond donors (Lipinski definition) is 1. The standard InChI is InChI=1S/C15H16BrClN2/c1-19(9-11-2-4-13(16)5-3-11)10-12-8-14(17)6-7-15(12)18/h2-8H,9-10,18H2,1H3. The number of rotatable bonds is 4. The lowest BCUT2D eigenvalue weighted by Gasteiger charge is -2.18. The fraction of sp³-hybridized carbons (Fsp3) is 0.200. The Kier molecular flexibility index (Phi) is 4.86. The van der Waals surface area contributed by atoms with E-state index in [1.807, 2.05) is 18.2 Å². The Labute approximate surface area is 127 Å². The van der Waals surface area contributed by atoms with Crippen LogP contribution in [-0.4, -0.2) is 11.9 Å². The van der Waals surface area contributed by atoms with Gasteiger partial charge in [0.15, 0.2) is 0 Å². The molecule has 0 radical (unpaired) electrons. The van der Waals surface area contributed by atoms with Crippen LogP contribution in [0, 0.1) is 0 Å². The van der Waals surface area contributed by atoms with Crippen molar-refractivity contribution in [3.8, 4) is 0 Å². The molecule has 0 saturated carbocycles. The third kappa shape index (κ3) is 4.23. The Morgan fingerprint density at radius 3 is 2.47 bits per heavy atom. The maximum atomic E-state index is 6.00. The average Bonchev–Trinajstić information content (AvgIpc) is 2.37. The molecule has 2 nitrogen and oxygen atoms in total. The van der Waals surface area contributed by atoms with Crippen LogP contribution in [0.4, 0.5) is 5.69 Å². The molecular formula is C15H16BrClN2. The minimum atomic E-state index is 0.723. The van der Waals surface area contributed by atoms with Gasteiger partial charge < -0.3 is 5.73 Å². The van der Waals surface area contributed by atoms with Gasteiger partial charge in [0, 0.05) is 28.3 Å². The van der Waals surface area contributed by atoms with Crippen LogP contribution >= 0.6 is 27.5 Å². The van der Waals surface area contributed by atoms with E-state index < -0.39 is 0 Å². The summed E-state index contributed by atoms with van der Waals surface area (Å²) in [6, 6.07) is 13.9. The van der Waals surface area contributed by atoms with E-state index in [1.54, 1.807) is 0 Å². The second-order valence-corrected chi connectivity index (χ2v) is 5.99. The zero-order chi connectivity index (χ0) is 13.8. The van der Waals surface area contributed by atoms with Crippen LogP contribution in [0.2, 0.25) is 5.02 Å². The normalized spacial score (nSPS) is 10.9. The fourth-order valence-corrected chi connectivity index (χ4v) is 2.42. The highest BCUT2D eigenvalue weighted by Gasteiger charge is 2.05. The van der Waals surface area contributed by atoms with Gasteiger partial charge in [0.05, 0.1) is 0 Å². The summed E-state index contributed by atoms with van der Waals surface area (Å²) >= 11 is 9.44. The molecule has 0 unspecified atom stereocenters. The van der Waals surface area contributed by atoms with Crippen LogP contribution in [0.5, 0.6) is 0 Å². The Morgan fingerprint density at radius 1 is 1.11 bits per heavy atom. The molecule has 0 heterocycles. The molecule has 2 N–H and O–H groups in total. The topological polar surface area (TPSA) is 29.3 Å². The number of anilines is 1. The molecule has 2 rings (SSSR count). The third-order valence-corrected chi connectivity index (χ3v) is 3.67. The summed E-state index contributed by atoms with van der Waals surface area (Å²) in [5.41, 5.74) is 9.08. The summed E-state index contributed by atoms with van der Waals surface area (Å²) in [6.45, 7) is 1.65. The van der Waals surface area contributed by atoms with Crippen molar-refractivity contribution in [3.05, 3.63) is 63.1 Å². The summed E-state index contributed by atoms with van der Waals surface area (Å²) < 4.78 is 1.10. The van der Waals surface area contributed by atoms with Crippen molar-refractivity contribution in [2.45, 2.75) is 13.1 Å². The van der Waals surface area contributed by atoms with Gasteiger partial charge in [0.25, 0.3) is 0 Å². The molecule has 0 aliphatic heterocycles. The largest absolute Gasteiger partial charge is 0.398 e. The van der Waals surface area contributed by atoms with Crippen molar-refractivity contribution in [3.63, 3.8) is 0 Å². The second kappa shape index (κ2) is 6.42. The van der Waals surface area contributed by atoms with Crippen molar-refractivity contribution < 1.29 is 0 Å². The molecule has 0 saturated heterocycles. The van der Waals surface area contributed by atoms with Crippen LogP contribution in [0.1, 0.15) is 11.1 Å². The summed E-state index contributed by atoms with van der Waals surface area (Å²) in [6.07, 6.45) is 0. The summed E-state index contributed by atoms with van der Waals surface area (Å²) in [5.74, 6) is 0. The van der Waals surface area contributed by atoms with Gasteiger partial charge in [0.2, 0.25) is 0 Å². The fourth-order valence-electron chi connectivity index (χ4n) is 1.96. The average molecular weight is 340 g/mol. The lowest BCUT2D eigenvalue weighted by Crippen LogP contribution is -2.18. The monoisotopic (exact) mass is 338 g/mol. The van der Waals surface area contributed by atoms with Gasteiger partial charge in [-0.3, -0.25) is 4.90 Å². The van der Waals surface area contributed by atoms with E-state index >= 15 is 0 Å². The van der Waals surface area contributed by atoms with Gasteiger partial charge in [-0.1, -0.05) is 39.7 Å². The van der Waals surface area contributed by atoms with Crippen LogP contribution in [-0.2, 0) is 13.1 Å². The number of nitrogens with two attached hydrogens (primary N) is 1.